The lowest BCUT2D eigenvalue weighted by molar-refractivity contribution is -0.120. The third-order valence-electron chi connectivity index (χ3n) is 4.80. The average Bonchev–Trinajstić information content (AvgIpc) is 3.13. The molecule has 118 valence electrons. The molecule has 1 unspecified atom stereocenters. The number of fused-ring (bicyclic) bond motifs is 2. The number of aromatic nitrogens is 2. The number of anilines is 1. The molecule has 0 saturated heterocycles. The van der Waals surface area contributed by atoms with Gasteiger partial charge >= 0.3 is 0 Å². The normalized spacial score (nSPS) is 19.4. The fourth-order valence-electron chi connectivity index (χ4n) is 3.46. The molecule has 0 bridgehead atoms. The number of carbonyl (C=O) groups excluding carboxylic acids is 2. The first-order chi connectivity index (χ1) is 11.1. The summed E-state index contributed by atoms with van der Waals surface area (Å²) in [5, 5.41) is 10.0. The summed E-state index contributed by atoms with van der Waals surface area (Å²) >= 11 is 0. The molecule has 0 radical (unpaired) electrons. The highest BCUT2D eigenvalue weighted by atomic mass is 16.2. The molecule has 1 aliphatic heterocycles. The number of hydrogen-bond donors (Lipinski definition) is 2. The molecule has 1 atom stereocenters. The van der Waals surface area contributed by atoms with Crippen LogP contribution in [0.3, 0.4) is 0 Å². The molecule has 2 amide bonds. The Morgan fingerprint density at radius 1 is 1.43 bits per heavy atom. The molecule has 0 fully saturated rings. The average molecular weight is 310 g/mol. The summed E-state index contributed by atoms with van der Waals surface area (Å²) < 4.78 is 0. The molecule has 2 aromatic rings. The minimum Gasteiger partial charge on any atom is -0.337 e. The van der Waals surface area contributed by atoms with E-state index in [1.807, 2.05) is 24.4 Å². The number of nitrogens with zero attached hydrogens (tertiary/aromatic N) is 2. The van der Waals surface area contributed by atoms with Crippen molar-refractivity contribution in [1.82, 2.24) is 15.1 Å². The zero-order valence-electron chi connectivity index (χ0n) is 12.9. The van der Waals surface area contributed by atoms with Gasteiger partial charge in [0.1, 0.15) is 0 Å². The monoisotopic (exact) mass is 310 g/mol. The highest BCUT2D eigenvalue weighted by Crippen LogP contribution is 2.30. The van der Waals surface area contributed by atoms with Crippen LogP contribution >= 0.6 is 0 Å². The topological polar surface area (TPSA) is 78.1 Å². The minimum atomic E-state index is -0.0614. The van der Waals surface area contributed by atoms with Gasteiger partial charge in [-0.3, -0.25) is 14.7 Å². The summed E-state index contributed by atoms with van der Waals surface area (Å²) in [5.74, 6) is -0.0369. The number of hydrogen-bond acceptors (Lipinski definition) is 3. The molecule has 2 heterocycles. The van der Waals surface area contributed by atoms with E-state index >= 15 is 0 Å². The van der Waals surface area contributed by atoms with Gasteiger partial charge in [-0.25, -0.2) is 0 Å². The first kappa shape index (κ1) is 14.0. The van der Waals surface area contributed by atoms with Crippen LogP contribution < -0.4 is 5.32 Å². The van der Waals surface area contributed by atoms with Crippen LogP contribution in [0.2, 0.25) is 0 Å². The summed E-state index contributed by atoms with van der Waals surface area (Å²) in [4.78, 5) is 26.3. The van der Waals surface area contributed by atoms with Gasteiger partial charge in [-0.05, 0) is 30.5 Å². The number of aromatic amines is 1. The maximum atomic E-state index is 12.6. The third kappa shape index (κ3) is 2.30. The van der Waals surface area contributed by atoms with Crippen molar-refractivity contribution >= 4 is 17.5 Å². The van der Waals surface area contributed by atoms with Crippen molar-refractivity contribution in [2.45, 2.75) is 25.8 Å². The van der Waals surface area contributed by atoms with Crippen molar-refractivity contribution in [2.75, 3.05) is 12.4 Å². The van der Waals surface area contributed by atoms with Gasteiger partial charge in [0.2, 0.25) is 5.91 Å². The zero-order chi connectivity index (χ0) is 16.0. The van der Waals surface area contributed by atoms with Crippen LogP contribution in [-0.4, -0.2) is 34.0 Å². The molecule has 0 saturated carbocycles. The van der Waals surface area contributed by atoms with Gasteiger partial charge in [0, 0.05) is 48.4 Å². The summed E-state index contributed by atoms with van der Waals surface area (Å²) in [6.07, 6.45) is 4.23. The second-order valence-electron chi connectivity index (χ2n) is 6.30. The number of nitrogens with one attached hydrogen (secondary N) is 2. The third-order valence-corrected chi connectivity index (χ3v) is 4.80. The fraction of sp³-hybridized carbons (Fsp3) is 0.353. The molecule has 6 heteroatoms. The predicted octanol–water partition coefficient (Wildman–Crippen LogP) is 1.74. The molecule has 6 nitrogen and oxygen atoms in total. The summed E-state index contributed by atoms with van der Waals surface area (Å²) in [6, 6.07) is 5.50. The van der Waals surface area contributed by atoms with Crippen molar-refractivity contribution in [2.24, 2.45) is 5.92 Å². The largest absolute Gasteiger partial charge is 0.337 e. The number of aryl methyl sites for hydroxylation is 1. The van der Waals surface area contributed by atoms with Crippen molar-refractivity contribution in [3.8, 4) is 0 Å². The molecular weight excluding hydrogens is 292 g/mol. The zero-order valence-corrected chi connectivity index (χ0v) is 12.9. The van der Waals surface area contributed by atoms with E-state index in [9.17, 15) is 9.59 Å². The molecule has 4 rings (SSSR count). The smallest absolute Gasteiger partial charge is 0.254 e. The Bertz CT molecular complexity index is 796. The van der Waals surface area contributed by atoms with Crippen molar-refractivity contribution in [3.05, 3.63) is 46.8 Å². The van der Waals surface area contributed by atoms with Crippen LogP contribution in [-0.2, 0) is 24.2 Å². The maximum Gasteiger partial charge on any atom is 0.254 e. The Labute approximate surface area is 133 Å². The van der Waals surface area contributed by atoms with Gasteiger partial charge in [-0.1, -0.05) is 6.07 Å². The van der Waals surface area contributed by atoms with Crippen molar-refractivity contribution < 1.29 is 9.59 Å². The van der Waals surface area contributed by atoms with E-state index in [0.29, 0.717) is 18.5 Å². The van der Waals surface area contributed by atoms with E-state index in [4.69, 9.17) is 0 Å². The molecule has 2 N–H and O–H groups in total. The Morgan fingerprint density at radius 2 is 2.30 bits per heavy atom. The van der Waals surface area contributed by atoms with Gasteiger partial charge in [-0.2, -0.15) is 5.10 Å². The number of carbonyl (C=O) groups is 2. The summed E-state index contributed by atoms with van der Waals surface area (Å²) in [6.45, 7) is 0.542. The van der Waals surface area contributed by atoms with Crippen LogP contribution in [0.4, 0.5) is 5.69 Å². The van der Waals surface area contributed by atoms with Gasteiger partial charge in [0.25, 0.3) is 5.91 Å². The van der Waals surface area contributed by atoms with E-state index in [0.717, 1.165) is 29.8 Å². The Morgan fingerprint density at radius 3 is 3.17 bits per heavy atom. The quantitative estimate of drug-likeness (QED) is 0.887. The highest BCUT2D eigenvalue weighted by molar-refractivity contribution is 6.02. The van der Waals surface area contributed by atoms with Crippen LogP contribution in [0.15, 0.2) is 24.4 Å². The molecule has 0 spiro atoms. The van der Waals surface area contributed by atoms with E-state index < -0.39 is 0 Å². The van der Waals surface area contributed by atoms with Crippen LogP contribution in [0.1, 0.15) is 33.6 Å². The second kappa shape index (κ2) is 5.22. The minimum absolute atomic E-state index is 0.0101. The SMILES string of the molecule is CN1Cc2c(NC(=O)C3CCc4cn[nH]c4C3)cccc2C1=O. The Hall–Kier alpha value is -2.63. The van der Waals surface area contributed by atoms with Gasteiger partial charge in [0.05, 0.1) is 6.20 Å². The van der Waals surface area contributed by atoms with E-state index in [1.54, 1.807) is 11.9 Å². The summed E-state index contributed by atoms with van der Waals surface area (Å²) in [7, 11) is 1.77. The van der Waals surface area contributed by atoms with Crippen LogP contribution in [0.5, 0.6) is 0 Å². The van der Waals surface area contributed by atoms with E-state index in [2.05, 4.69) is 15.5 Å². The Kier molecular flexibility index (Phi) is 3.18. The van der Waals surface area contributed by atoms with Crippen molar-refractivity contribution in [1.29, 1.82) is 0 Å². The predicted molar refractivity (Wildman–Crippen MR) is 85.0 cm³/mol. The van der Waals surface area contributed by atoms with Crippen molar-refractivity contribution in [3.63, 3.8) is 0 Å². The lowest BCUT2D eigenvalue weighted by Crippen LogP contribution is -2.28. The number of rotatable bonds is 2. The number of amides is 2. The molecular formula is C17H18N4O2. The lowest BCUT2D eigenvalue weighted by Gasteiger charge is -2.21. The first-order valence-electron chi connectivity index (χ1n) is 7.83. The van der Waals surface area contributed by atoms with E-state index in [1.165, 1.54) is 5.56 Å². The fourth-order valence-corrected chi connectivity index (χ4v) is 3.46. The highest BCUT2D eigenvalue weighted by Gasteiger charge is 2.29. The molecule has 1 aromatic carbocycles. The molecule has 1 aliphatic carbocycles. The maximum absolute atomic E-state index is 12.6. The van der Waals surface area contributed by atoms with Crippen LogP contribution in [0.25, 0.3) is 0 Å². The second-order valence-corrected chi connectivity index (χ2v) is 6.30. The number of benzene rings is 1. The lowest BCUT2D eigenvalue weighted by atomic mass is 9.87. The van der Waals surface area contributed by atoms with E-state index in [-0.39, 0.29) is 17.7 Å². The van der Waals surface area contributed by atoms with Gasteiger partial charge < -0.3 is 10.2 Å². The Balaban J connectivity index is 1.54. The van der Waals surface area contributed by atoms with Crippen LogP contribution in [0, 0.1) is 5.92 Å². The summed E-state index contributed by atoms with van der Waals surface area (Å²) in [5.41, 5.74) is 4.61. The first-order valence-corrected chi connectivity index (χ1v) is 7.83. The molecule has 1 aromatic heterocycles. The van der Waals surface area contributed by atoms with Gasteiger partial charge in [-0.15, -0.1) is 0 Å². The standard InChI is InChI=1S/C17H18N4O2/c1-21-9-13-12(17(21)23)3-2-4-14(13)19-16(22)10-5-6-11-8-18-20-15(11)7-10/h2-4,8,10H,5-7,9H2,1H3,(H,18,20)(H,19,22). The molecule has 23 heavy (non-hydrogen) atoms. The molecule has 2 aliphatic rings. The van der Waals surface area contributed by atoms with Gasteiger partial charge in [0.15, 0.2) is 0 Å². The number of H-pyrrole nitrogens is 1.